The summed E-state index contributed by atoms with van der Waals surface area (Å²) < 4.78 is 10.5. The molecular formula is C17H21N3O5. The Balaban J connectivity index is 1.68. The smallest absolute Gasteiger partial charge is 0.407 e. The largest absolute Gasteiger partial charge is 0.484 e. The van der Waals surface area contributed by atoms with Crippen LogP contribution >= 0.6 is 0 Å². The molecule has 2 amide bonds. The fourth-order valence-electron chi connectivity index (χ4n) is 2.78. The Morgan fingerprint density at radius 1 is 1.36 bits per heavy atom. The first-order valence-electron chi connectivity index (χ1n) is 8.15. The molecule has 0 aromatic carbocycles. The van der Waals surface area contributed by atoms with E-state index < -0.39 is 11.7 Å². The lowest BCUT2D eigenvalue weighted by atomic mass is 10.1. The number of aromatic nitrogens is 1. The molecule has 1 aromatic heterocycles. The molecule has 8 heteroatoms. The normalized spacial score (nSPS) is 20.1. The van der Waals surface area contributed by atoms with Gasteiger partial charge < -0.3 is 14.8 Å². The molecule has 8 nitrogen and oxygen atoms in total. The number of alkyl carbamates (subject to hydrolysis) is 1. The van der Waals surface area contributed by atoms with Crippen LogP contribution in [0.25, 0.3) is 0 Å². The summed E-state index contributed by atoms with van der Waals surface area (Å²) in [6, 6.07) is 3.05. The van der Waals surface area contributed by atoms with Gasteiger partial charge in [-0.15, -0.1) is 0 Å². The van der Waals surface area contributed by atoms with E-state index in [0.29, 0.717) is 23.8 Å². The second-order valence-corrected chi connectivity index (χ2v) is 7.17. The summed E-state index contributed by atoms with van der Waals surface area (Å²) in [6.45, 7) is 5.69. The molecule has 134 valence electrons. The fraction of sp³-hybridized carbons (Fsp3) is 0.529. The van der Waals surface area contributed by atoms with E-state index in [2.05, 4.69) is 10.3 Å². The number of ketones is 1. The number of carbonyl (C=O) groups is 3. The van der Waals surface area contributed by atoms with E-state index in [1.165, 1.54) is 4.90 Å². The highest BCUT2D eigenvalue weighted by atomic mass is 16.6. The number of hydrogen-bond acceptors (Lipinski definition) is 6. The molecule has 25 heavy (non-hydrogen) atoms. The molecule has 0 radical (unpaired) electrons. The van der Waals surface area contributed by atoms with Crippen LogP contribution in [0.1, 0.15) is 32.9 Å². The highest BCUT2D eigenvalue weighted by Gasteiger charge is 2.34. The van der Waals surface area contributed by atoms with Gasteiger partial charge in [0.1, 0.15) is 23.8 Å². The number of anilines is 1. The number of rotatable bonds is 2. The van der Waals surface area contributed by atoms with Gasteiger partial charge in [0.15, 0.2) is 5.78 Å². The minimum atomic E-state index is -0.598. The van der Waals surface area contributed by atoms with Crippen LogP contribution in [0.2, 0.25) is 0 Å². The highest BCUT2D eigenvalue weighted by molar-refractivity contribution is 5.96. The number of ether oxygens (including phenoxy) is 2. The number of carbonyl (C=O) groups excluding carboxylic acids is 3. The van der Waals surface area contributed by atoms with Gasteiger partial charge in [-0.25, -0.2) is 9.78 Å². The Labute approximate surface area is 145 Å². The third-order valence-corrected chi connectivity index (χ3v) is 3.79. The summed E-state index contributed by atoms with van der Waals surface area (Å²) in [5.41, 5.74) is -0.0657. The lowest BCUT2D eigenvalue weighted by molar-refractivity contribution is -0.121. The van der Waals surface area contributed by atoms with Crippen molar-refractivity contribution in [3.63, 3.8) is 0 Å². The predicted molar refractivity (Wildman–Crippen MR) is 88.6 cm³/mol. The van der Waals surface area contributed by atoms with E-state index in [9.17, 15) is 14.4 Å². The van der Waals surface area contributed by atoms with Gasteiger partial charge in [-0.05, 0) is 32.9 Å². The molecule has 0 bridgehead atoms. The second-order valence-electron chi connectivity index (χ2n) is 7.17. The quantitative estimate of drug-likeness (QED) is 0.864. The summed E-state index contributed by atoms with van der Waals surface area (Å²) in [7, 11) is 0. The Kier molecular flexibility index (Phi) is 4.36. The van der Waals surface area contributed by atoms with Crippen molar-refractivity contribution in [2.24, 2.45) is 0 Å². The summed E-state index contributed by atoms with van der Waals surface area (Å²) in [6.07, 6.45) is -0.178. The van der Waals surface area contributed by atoms with Crippen molar-refractivity contribution in [3.05, 3.63) is 17.8 Å². The van der Waals surface area contributed by atoms with E-state index in [1.54, 1.807) is 32.9 Å². The summed E-state index contributed by atoms with van der Waals surface area (Å²) in [4.78, 5) is 41.5. The minimum Gasteiger partial charge on any atom is -0.484 e. The van der Waals surface area contributed by atoms with Gasteiger partial charge in [0.2, 0.25) is 5.91 Å². The van der Waals surface area contributed by atoms with E-state index in [4.69, 9.17) is 9.47 Å². The average Bonchev–Trinajstić information content (AvgIpc) is 2.84. The third-order valence-electron chi connectivity index (χ3n) is 3.79. The van der Waals surface area contributed by atoms with Gasteiger partial charge in [-0.1, -0.05) is 0 Å². The van der Waals surface area contributed by atoms with Crippen LogP contribution in [0, 0.1) is 0 Å². The Bertz CT molecular complexity index is 725. The van der Waals surface area contributed by atoms with Crippen LogP contribution in [0.4, 0.5) is 10.6 Å². The van der Waals surface area contributed by atoms with E-state index in [0.717, 1.165) is 0 Å². The monoisotopic (exact) mass is 347 g/mol. The van der Waals surface area contributed by atoms with E-state index >= 15 is 0 Å². The van der Waals surface area contributed by atoms with Gasteiger partial charge >= 0.3 is 6.09 Å². The van der Waals surface area contributed by atoms with Crippen LogP contribution in [-0.4, -0.2) is 47.6 Å². The molecule has 3 heterocycles. The van der Waals surface area contributed by atoms with Crippen LogP contribution in [0.15, 0.2) is 12.1 Å². The SMILES string of the molecule is CC(C)(C)OC(=O)N[C@H]1CC(=O)N(c2ccc3c(n2)CC(=O)CO3)C1. The molecule has 2 aliphatic rings. The van der Waals surface area contributed by atoms with Crippen LogP contribution in [0.3, 0.4) is 0 Å². The molecule has 1 saturated heterocycles. The number of nitrogens with zero attached hydrogens (tertiary/aromatic N) is 2. The minimum absolute atomic E-state index is 0.0469. The zero-order chi connectivity index (χ0) is 18.2. The molecule has 0 unspecified atom stereocenters. The standard InChI is InChI=1S/C17H21N3O5/c1-17(2,3)25-16(23)18-10-6-15(22)20(8-10)14-5-4-13-12(19-14)7-11(21)9-24-13/h4-5,10H,6-9H2,1-3H3,(H,18,23)/t10-/m0/s1. The Morgan fingerprint density at radius 3 is 2.84 bits per heavy atom. The predicted octanol–water partition coefficient (Wildman–Crippen LogP) is 1.22. The third kappa shape index (κ3) is 4.07. The zero-order valence-electron chi connectivity index (χ0n) is 14.5. The molecule has 1 N–H and O–H groups in total. The van der Waals surface area contributed by atoms with Crippen LogP contribution < -0.4 is 15.0 Å². The van der Waals surface area contributed by atoms with Crippen molar-refractivity contribution in [2.45, 2.75) is 45.3 Å². The number of amides is 2. The van der Waals surface area contributed by atoms with Crippen molar-refractivity contribution in [1.29, 1.82) is 0 Å². The number of hydrogen-bond donors (Lipinski definition) is 1. The first-order valence-corrected chi connectivity index (χ1v) is 8.15. The summed E-state index contributed by atoms with van der Waals surface area (Å²) in [5, 5.41) is 2.70. The number of nitrogens with one attached hydrogen (secondary N) is 1. The molecule has 0 saturated carbocycles. The first-order chi connectivity index (χ1) is 11.7. The molecule has 0 aliphatic carbocycles. The van der Waals surface area contributed by atoms with Crippen LogP contribution in [-0.2, 0) is 20.7 Å². The molecule has 0 spiro atoms. The molecule has 1 fully saturated rings. The van der Waals surface area contributed by atoms with Crippen molar-refractivity contribution in [2.75, 3.05) is 18.1 Å². The molecule has 1 aromatic rings. The Morgan fingerprint density at radius 2 is 2.12 bits per heavy atom. The van der Waals surface area contributed by atoms with Gasteiger partial charge in [-0.2, -0.15) is 0 Å². The number of Topliss-reactive ketones (excluding diaryl/α,β-unsaturated/α-hetero) is 1. The molecular weight excluding hydrogens is 326 g/mol. The van der Waals surface area contributed by atoms with Crippen molar-refractivity contribution in [1.82, 2.24) is 10.3 Å². The molecule has 1 atom stereocenters. The lowest BCUT2D eigenvalue weighted by Gasteiger charge is -2.22. The van der Waals surface area contributed by atoms with Gasteiger partial charge in [0.25, 0.3) is 0 Å². The van der Waals surface area contributed by atoms with Gasteiger partial charge in [0.05, 0.1) is 18.2 Å². The number of fused-ring (bicyclic) bond motifs is 1. The molecule has 3 rings (SSSR count). The molecule has 2 aliphatic heterocycles. The second kappa shape index (κ2) is 6.34. The van der Waals surface area contributed by atoms with Crippen molar-refractivity contribution >= 4 is 23.6 Å². The zero-order valence-corrected chi connectivity index (χ0v) is 14.5. The maximum absolute atomic E-state index is 12.3. The highest BCUT2D eigenvalue weighted by Crippen LogP contribution is 2.27. The topological polar surface area (TPSA) is 97.8 Å². The van der Waals surface area contributed by atoms with Gasteiger partial charge in [-0.3, -0.25) is 14.5 Å². The number of pyridine rings is 1. The lowest BCUT2D eigenvalue weighted by Crippen LogP contribution is -2.40. The average molecular weight is 347 g/mol. The van der Waals surface area contributed by atoms with Crippen molar-refractivity contribution in [3.8, 4) is 5.75 Å². The fourth-order valence-corrected chi connectivity index (χ4v) is 2.78. The van der Waals surface area contributed by atoms with E-state index in [1.807, 2.05) is 0 Å². The maximum Gasteiger partial charge on any atom is 0.407 e. The van der Waals surface area contributed by atoms with Gasteiger partial charge in [0, 0.05) is 13.0 Å². The Hall–Kier alpha value is -2.64. The van der Waals surface area contributed by atoms with Crippen LogP contribution in [0.5, 0.6) is 5.75 Å². The first kappa shape index (κ1) is 17.2. The summed E-state index contributed by atoms with van der Waals surface area (Å²) >= 11 is 0. The summed E-state index contributed by atoms with van der Waals surface area (Å²) in [5.74, 6) is 0.833. The van der Waals surface area contributed by atoms with E-state index in [-0.39, 0.29) is 37.2 Å². The maximum atomic E-state index is 12.3. The van der Waals surface area contributed by atoms with Crippen molar-refractivity contribution < 1.29 is 23.9 Å².